The minimum Gasteiger partial charge on any atom is -0.508 e. The van der Waals surface area contributed by atoms with Gasteiger partial charge in [0.1, 0.15) is 5.75 Å². The van der Waals surface area contributed by atoms with Gasteiger partial charge in [-0.25, -0.2) is 0 Å². The van der Waals surface area contributed by atoms with Gasteiger partial charge in [-0.1, -0.05) is 65.2 Å². The molecule has 0 heterocycles. The second kappa shape index (κ2) is 16.0. The molecule has 1 aromatic rings. The fourth-order valence-corrected chi connectivity index (χ4v) is 1.51. The van der Waals surface area contributed by atoms with Crippen LogP contribution in [0.15, 0.2) is 30.3 Å². The zero-order valence-electron chi connectivity index (χ0n) is 12.4. The first-order chi connectivity index (χ1) is 8.79. The number of benzene rings is 1. The molecule has 1 aromatic carbocycles. The van der Waals surface area contributed by atoms with Gasteiger partial charge in [0.05, 0.1) is 6.10 Å². The average Bonchev–Trinajstić information content (AvgIpc) is 2.46. The quantitative estimate of drug-likeness (QED) is 0.685. The lowest BCUT2D eigenvalue weighted by Crippen LogP contribution is -2.09. The fraction of sp³-hybridized carbons (Fsp3) is 0.625. The lowest BCUT2D eigenvalue weighted by atomic mass is 9.98. The molecule has 2 rings (SSSR count). The van der Waals surface area contributed by atoms with Crippen molar-refractivity contribution in [3.63, 3.8) is 0 Å². The van der Waals surface area contributed by atoms with Gasteiger partial charge in [-0.15, -0.1) is 0 Å². The van der Waals surface area contributed by atoms with Gasteiger partial charge in [0.2, 0.25) is 0 Å². The molecule has 18 heavy (non-hydrogen) atoms. The van der Waals surface area contributed by atoms with Crippen LogP contribution in [0.4, 0.5) is 0 Å². The van der Waals surface area contributed by atoms with Crippen molar-refractivity contribution in [2.45, 2.75) is 65.9 Å². The second-order valence-corrected chi connectivity index (χ2v) is 3.63. The number of para-hydroxylation sites is 1. The monoisotopic (exact) mass is 256 g/mol. The Morgan fingerprint density at radius 1 is 0.889 bits per heavy atom. The third kappa shape index (κ3) is 13.0. The zero-order chi connectivity index (χ0) is 14.2. The molecule has 0 bridgehead atoms. The van der Waals surface area contributed by atoms with Gasteiger partial charge in [-0.2, -0.15) is 0 Å². The Morgan fingerprint density at radius 3 is 1.56 bits per heavy atom. The Bertz CT molecular complexity index is 234. The van der Waals surface area contributed by atoms with Gasteiger partial charge < -0.3 is 10.2 Å². The summed E-state index contributed by atoms with van der Waals surface area (Å²) in [5.41, 5.74) is 0. The van der Waals surface area contributed by atoms with E-state index in [0.29, 0.717) is 5.75 Å². The van der Waals surface area contributed by atoms with Crippen molar-refractivity contribution in [2.75, 3.05) is 0 Å². The molecular weight excluding hydrogens is 224 g/mol. The second-order valence-electron chi connectivity index (χ2n) is 3.63. The van der Waals surface area contributed by atoms with Crippen molar-refractivity contribution in [2.24, 2.45) is 0 Å². The Hall–Kier alpha value is -1.02. The van der Waals surface area contributed by atoms with Crippen LogP contribution < -0.4 is 0 Å². The number of rotatable bonds is 0. The maximum Gasteiger partial charge on any atom is 0.115 e. The van der Waals surface area contributed by atoms with Crippen molar-refractivity contribution >= 4 is 0 Å². The van der Waals surface area contributed by atoms with Crippen LogP contribution >= 0.6 is 0 Å². The third-order valence-corrected chi connectivity index (χ3v) is 2.33. The van der Waals surface area contributed by atoms with Gasteiger partial charge in [-0.05, 0) is 25.0 Å². The Kier molecular flexibility index (Phi) is 17.2. The van der Waals surface area contributed by atoms with E-state index in [9.17, 15) is 0 Å². The fourth-order valence-electron chi connectivity index (χ4n) is 1.51. The molecule has 1 aliphatic carbocycles. The predicted octanol–water partition coefficient (Wildman–Crippen LogP) is 5.00. The molecule has 0 aliphatic heterocycles. The molecule has 1 fully saturated rings. The number of aromatic hydroxyl groups is 1. The number of hydrogen-bond acceptors (Lipinski definition) is 2. The van der Waals surface area contributed by atoms with Gasteiger partial charge >= 0.3 is 0 Å². The van der Waals surface area contributed by atoms with Crippen molar-refractivity contribution in [1.29, 1.82) is 0 Å². The lowest BCUT2D eigenvalue weighted by molar-refractivity contribution is 0.130. The van der Waals surface area contributed by atoms with Crippen LogP contribution in [-0.4, -0.2) is 16.3 Å². The van der Waals surface area contributed by atoms with Crippen LogP contribution in [0.5, 0.6) is 5.75 Å². The molecule has 0 aromatic heterocycles. The van der Waals surface area contributed by atoms with E-state index in [2.05, 4.69) is 0 Å². The molecule has 0 radical (unpaired) electrons. The summed E-state index contributed by atoms with van der Waals surface area (Å²) >= 11 is 0. The van der Waals surface area contributed by atoms with Crippen molar-refractivity contribution in [1.82, 2.24) is 0 Å². The minimum atomic E-state index is 0. The van der Waals surface area contributed by atoms with E-state index < -0.39 is 0 Å². The summed E-state index contributed by atoms with van der Waals surface area (Å²) in [5.74, 6) is 0.322. The summed E-state index contributed by atoms with van der Waals surface area (Å²) in [6, 6.07) is 8.71. The van der Waals surface area contributed by atoms with Gasteiger partial charge in [0.15, 0.2) is 0 Å². The lowest BCUT2D eigenvalue weighted by Gasteiger charge is -2.14. The van der Waals surface area contributed by atoms with E-state index in [0.717, 1.165) is 12.8 Å². The normalized spacial score (nSPS) is 13.8. The molecule has 2 heteroatoms. The van der Waals surface area contributed by atoms with Crippen LogP contribution in [0.3, 0.4) is 0 Å². The zero-order valence-corrected chi connectivity index (χ0v) is 12.4. The number of hydrogen-bond donors (Lipinski definition) is 2. The van der Waals surface area contributed by atoms with E-state index in [1.807, 2.05) is 33.8 Å². The highest BCUT2D eigenvalue weighted by molar-refractivity contribution is 5.18. The standard InChI is InChI=1S/C6H12O.C6H6O.2C2H6.H2/c2*7-6-4-2-1-3-5-6;2*1-2;/h6-7H,1-5H2;1-5,7H;2*1-2H3;1H. The largest absolute Gasteiger partial charge is 0.508 e. The van der Waals surface area contributed by atoms with Gasteiger partial charge in [0.25, 0.3) is 0 Å². The molecule has 1 aliphatic rings. The predicted molar refractivity (Wildman–Crippen MR) is 82.0 cm³/mol. The molecule has 0 saturated heterocycles. The van der Waals surface area contributed by atoms with Crippen LogP contribution in [0.25, 0.3) is 0 Å². The molecule has 0 amide bonds. The van der Waals surface area contributed by atoms with Crippen molar-refractivity contribution in [3.05, 3.63) is 30.3 Å². The molecule has 1 saturated carbocycles. The molecule has 2 N–H and O–H groups in total. The SMILES string of the molecule is CC.CC.OC1CCCCC1.Oc1ccccc1.[HH]. The average molecular weight is 256 g/mol. The Balaban J connectivity index is -0.000000205. The molecular formula is C16H32O2. The summed E-state index contributed by atoms with van der Waals surface area (Å²) in [5, 5.41) is 17.5. The van der Waals surface area contributed by atoms with Crippen LogP contribution in [0.2, 0.25) is 0 Å². The third-order valence-electron chi connectivity index (χ3n) is 2.33. The first-order valence-electron chi connectivity index (χ1n) is 7.21. The number of phenols is 1. The molecule has 0 spiro atoms. The van der Waals surface area contributed by atoms with Crippen LogP contribution in [0.1, 0.15) is 61.2 Å². The summed E-state index contributed by atoms with van der Waals surface area (Å²) < 4.78 is 0. The highest BCUT2D eigenvalue weighted by atomic mass is 16.3. The Morgan fingerprint density at radius 2 is 1.33 bits per heavy atom. The van der Waals surface area contributed by atoms with Crippen LogP contribution in [-0.2, 0) is 0 Å². The highest BCUT2D eigenvalue weighted by Gasteiger charge is 2.07. The first kappa shape index (κ1) is 19.3. The number of aliphatic hydroxyl groups is 1. The van der Waals surface area contributed by atoms with E-state index >= 15 is 0 Å². The number of aliphatic hydroxyl groups excluding tert-OH is 1. The van der Waals surface area contributed by atoms with E-state index in [4.69, 9.17) is 10.2 Å². The van der Waals surface area contributed by atoms with Crippen LogP contribution in [0, 0.1) is 0 Å². The summed E-state index contributed by atoms with van der Waals surface area (Å²) in [4.78, 5) is 0. The van der Waals surface area contributed by atoms with Crippen molar-refractivity contribution < 1.29 is 11.6 Å². The first-order valence-corrected chi connectivity index (χ1v) is 7.21. The van der Waals surface area contributed by atoms with E-state index in [1.54, 1.807) is 24.3 Å². The molecule has 108 valence electrons. The smallest absolute Gasteiger partial charge is 0.115 e. The van der Waals surface area contributed by atoms with E-state index in [1.165, 1.54) is 19.3 Å². The minimum absolute atomic E-state index is 0. The maximum atomic E-state index is 8.91. The van der Waals surface area contributed by atoms with Crippen molar-refractivity contribution in [3.8, 4) is 5.75 Å². The Labute approximate surface area is 114 Å². The summed E-state index contributed by atoms with van der Waals surface area (Å²) in [6.07, 6.45) is 5.92. The van der Waals surface area contributed by atoms with Gasteiger partial charge in [0, 0.05) is 1.43 Å². The summed E-state index contributed by atoms with van der Waals surface area (Å²) in [6.45, 7) is 8.00. The van der Waals surface area contributed by atoms with Gasteiger partial charge in [-0.3, -0.25) is 0 Å². The maximum absolute atomic E-state index is 8.91. The summed E-state index contributed by atoms with van der Waals surface area (Å²) in [7, 11) is 0. The number of phenolic OH excluding ortho intramolecular Hbond substituents is 1. The van der Waals surface area contributed by atoms with E-state index in [-0.39, 0.29) is 7.53 Å². The highest BCUT2D eigenvalue weighted by Crippen LogP contribution is 2.16. The topological polar surface area (TPSA) is 40.5 Å². The molecule has 2 nitrogen and oxygen atoms in total. The molecule has 0 unspecified atom stereocenters. The molecule has 0 atom stereocenters.